The van der Waals surface area contributed by atoms with E-state index in [9.17, 15) is 18.0 Å². The van der Waals surface area contributed by atoms with E-state index in [0.29, 0.717) is 11.3 Å². The third kappa shape index (κ3) is 6.57. The van der Waals surface area contributed by atoms with Gasteiger partial charge in [0.1, 0.15) is 5.75 Å². The fourth-order valence-electron chi connectivity index (χ4n) is 2.24. The molecule has 26 heavy (non-hydrogen) atoms. The highest BCUT2D eigenvalue weighted by atomic mass is 35.5. The lowest BCUT2D eigenvalue weighted by molar-refractivity contribution is -0.137. The summed E-state index contributed by atoms with van der Waals surface area (Å²) in [5, 5.41) is 2.45. The van der Waals surface area contributed by atoms with E-state index in [4.69, 9.17) is 10.5 Å². The van der Waals surface area contributed by atoms with Crippen molar-refractivity contribution in [1.29, 1.82) is 0 Å². The van der Waals surface area contributed by atoms with Crippen LogP contribution >= 0.6 is 12.4 Å². The van der Waals surface area contributed by atoms with E-state index in [-0.39, 0.29) is 37.7 Å². The third-order valence-electron chi connectivity index (χ3n) is 3.43. The highest BCUT2D eigenvalue weighted by Crippen LogP contribution is 2.32. The molecule has 0 bridgehead atoms. The Hall–Kier alpha value is -2.25. The Kier molecular flexibility index (Phi) is 7.92. The number of aryl methyl sites for hydroxylation is 1. The van der Waals surface area contributed by atoms with Crippen LogP contribution in [0.25, 0.3) is 0 Å². The molecule has 142 valence electrons. The normalized spacial score (nSPS) is 10.8. The Labute approximate surface area is 155 Å². The first-order valence-electron chi connectivity index (χ1n) is 7.68. The summed E-state index contributed by atoms with van der Waals surface area (Å²) in [6.45, 7) is 1.99. The molecule has 0 unspecified atom stereocenters. The number of anilines is 1. The summed E-state index contributed by atoms with van der Waals surface area (Å²) in [7, 11) is 0. The van der Waals surface area contributed by atoms with Gasteiger partial charge in [0.25, 0.3) is 0 Å². The van der Waals surface area contributed by atoms with E-state index in [0.717, 1.165) is 17.7 Å². The molecule has 2 aromatic rings. The van der Waals surface area contributed by atoms with Crippen LogP contribution in [0.2, 0.25) is 0 Å². The smallest absolute Gasteiger partial charge is 0.416 e. The van der Waals surface area contributed by atoms with Gasteiger partial charge >= 0.3 is 6.18 Å². The van der Waals surface area contributed by atoms with Crippen LogP contribution in [-0.4, -0.2) is 12.5 Å². The molecule has 0 radical (unpaired) electrons. The van der Waals surface area contributed by atoms with Gasteiger partial charge in [-0.25, -0.2) is 0 Å². The number of hydrogen-bond acceptors (Lipinski definition) is 3. The Morgan fingerprint density at radius 1 is 1.19 bits per heavy atom. The van der Waals surface area contributed by atoms with E-state index in [2.05, 4.69) is 5.32 Å². The minimum Gasteiger partial charge on any atom is -0.493 e. The molecule has 8 heteroatoms. The first-order chi connectivity index (χ1) is 11.8. The number of alkyl halides is 3. The molecular weight excluding hydrogens is 369 g/mol. The second-order valence-electron chi connectivity index (χ2n) is 5.58. The van der Waals surface area contributed by atoms with Crippen molar-refractivity contribution < 1.29 is 22.7 Å². The predicted octanol–water partition coefficient (Wildman–Crippen LogP) is 4.30. The van der Waals surface area contributed by atoms with Gasteiger partial charge in [0.15, 0.2) is 0 Å². The molecule has 0 saturated carbocycles. The second kappa shape index (κ2) is 9.45. The molecule has 0 aliphatic heterocycles. The predicted molar refractivity (Wildman–Crippen MR) is 96.5 cm³/mol. The minimum atomic E-state index is -4.50. The van der Waals surface area contributed by atoms with E-state index < -0.39 is 17.6 Å². The molecule has 0 heterocycles. The summed E-state index contributed by atoms with van der Waals surface area (Å²) in [5.41, 5.74) is 5.96. The molecule has 2 aromatic carbocycles. The van der Waals surface area contributed by atoms with Crippen LogP contribution in [0.1, 0.15) is 23.1 Å². The van der Waals surface area contributed by atoms with Crippen molar-refractivity contribution in [3.8, 4) is 5.75 Å². The highest BCUT2D eigenvalue weighted by Gasteiger charge is 2.31. The summed E-state index contributed by atoms with van der Waals surface area (Å²) in [5.74, 6) is 0.201. The van der Waals surface area contributed by atoms with Crippen molar-refractivity contribution >= 4 is 24.0 Å². The first kappa shape index (κ1) is 21.8. The largest absolute Gasteiger partial charge is 0.493 e. The monoisotopic (exact) mass is 388 g/mol. The number of nitrogens with one attached hydrogen (secondary N) is 1. The number of carbonyl (C=O) groups is 1. The van der Waals surface area contributed by atoms with Crippen molar-refractivity contribution in [2.75, 3.05) is 11.9 Å². The zero-order valence-electron chi connectivity index (χ0n) is 14.1. The standard InChI is InChI=1S/C18H19F3N2O2.ClH/c1-12-3-2-4-16(7-12)25-6-5-17(24)23-15-9-13(11-22)8-14(10-15)18(19,20)21;/h2-4,7-10H,5-6,11,22H2,1H3,(H,23,24);1H. The van der Waals surface area contributed by atoms with E-state index in [1.165, 1.54) is 6.07 Å². The van der Waals surface area contributed by atoms with Crippen LogP contribution < -0.4 is 15.8 Å². The fourth-order valence-corrected chi connectivity index (χ4v) is 2.24. The van der Waals surface area contributed by atoms with Gasteiger partial charge in [0.2, 0.25) is 5.91 Å². The molecule has 0 spiro atoms. The zero-order valence-corrected chi connectivity index (χ0v) is 14.9. The first-order valence-corrected chi connectivity index (χ1v) is 7.68. The number of rotatable bonds is 6. The summed E-state index contributed by atoms with van der Waals surface area (Å²) >= 11 is 0. The number of halogens is 4. The SMILES string of the molecule is Cc1cccc(OCCC(=O)Nc2cc(CN)cc(C(F)(F)F)c2)c1.Cl. The molecule has 1 amide bonds. The lowest BCUT2D eigenvalue weighted by atomic mass is 10.1. The van der Waals surface area contributed by atoms with Gasteiger partial charge in [-0.3, -0.25) is 4.79 Å². The van der Waals surface area contributed by atoms with Gasteiger partial charge in [0.05, 0.1) is 18.6 Å². The van der Waals surface area contributed by atoms with Crippen molar-refractivity contribution in [2.45, 2.75) is 26.1 Å². The van der Waals surface area contributed by atoms with Crippen molar-refractivity contribution in [2.24, 2.45) is 5.73 Å². The van der Waals surface area contributed by atoms with Crippen LogP contribution in [0, 0.1) is 6.92 Å². The Morgan fingerprint density at radius 3 is 2.54 bits per heavy atom. The molecule has 0 fully saturated rings. The molecular formula is C18H20ClF3N2O2. The Bertz CT molecular complexity index is 751. The Balaban J connectivity index is 0.00000338. The highest BCUT2D eigenvalue weighted by molar-refractivity contribution is 5.91. The van der Waals surface area contributed by atoms with Crippen molar-refractivity contribution in [3.63, 3.8) is 0 Å². The molecule has 4 nitrogen and oxygen atoms in total. The van der Waals surface area contributed by atoms with E-state index in [1.807, 2.05) is 25.1 Å². The quantitative estimate of drug-likeness (QED) is 0.775. The van der Waals surface area contributed by atoms with Crippen LogP contribution in [0.5, 0.6) is 5.75 Å². The zero-order chi connectivity index (χ0) is 18.4. The second-order valence-corrected chi connectivity index (χ2v) is 5.58. The average molecular weight is 389 g/mol. The maximum absolute atomic E-state index is 12.9. The van der Waals surface area contributed by atoms with Crippen LogP contribution in [0.15, 0.2) is 42.5 Å². The molecule has 0 aliphatic rings. The maximum Gasteiger partial charge on any atom is 0.416 e. The summed E-state index contributed by atoms with van der Waals surface area (Å²) in [6.07, 6.45) is -4.49. The van der Waals surface area contributed by atoms with Gasteiger partial charge in [0, 0.05) is 12.2 Å². The molecule has 0 aromatic heterocycles. The van der Waals surface area contributed by atoms with Crippen molar-refractivity contribution in [1.82, 2.24) is 0 Å². The van der Waals surface area contributed by atoms with Crippen molar-refractivity contribution in [3.05, 3.63) is 59.2 Å². The molecule has 3 N–H and O–H groups in total. The number of benzene rings is 2. The van der Waals surface area contributed by atoms with Crippen LogP contribution in [0.4, 0.5) is 18.9 Å². The van der Waals surface area contributed by atoms with Gasteiger partial charge in [-0.05, 0) is 48.4 Å². The van der Waals surface area contributed by atoms with Gasteiger partial charge < -0.3 is 15.8 Å². The molecule has 0 atom stereocenters. The number of hydrogen-bond donors (Lipinski definition) is 2. The Morgan fingerprint density at radius 2 is 1.92 bits per heavy atom. The summed E-state index contributed by atoms with van der Waals surface area (Å²) < 4.78 is 44.1. The third-order valence-corrected chi connectivity index (χ3v) is 3.43. The van der Waals surface area contributed by atoms with Gasteiger partial charge in [-0.15, -0.1) is 12.4 Å². The minimum absolute atomic E-state index is 0. The van der Waals surface area contributed by atoms with Gasteiger partial charge in [-0.1, -0.05) is 12.1 Å². The molecule has 0 saturated heterocycles. The van der Waals surface area contributed by atoms with E-state index in [1.54, 1.807) is 6.07 Å². The lowest BCUT2D eigenvalue weighted by Gasteiger charge is -2.13. The number of carbonyl (C=O) groups excluding carboxylic acids is 1. The van der Waals surface area contributed by atoms with E-state index >= 15 is 0 Å². The maximum atomic E-state index is 12.9. The average Bonchev–Trinajstić information content (AvgIpc) is 2.53. The topological polar surface area (TPSA) is 64.3 Å². The van der Waals surface area contributed by atoms with Gasteiger partial charge in [-0.2, -0.15) is 13.2 Å². The number of ether oxygens (including phenoxy) is 1. The summed E-state index contributed by atoms with van der Waals surface area (Å²) in [6, 6.07) is 10.6. The molecule has 0 aliphatic carbocycles. The van der Waals surface area contributed by atoms with Crippen LogP contribution in [-0.2, 0) is 17.5 Å². The fraction of sp³-hybridized carbons (Fsp3) is 0.278. The number of nitrogens with two attached hydrogens (primary N) is 1. The summed E-state index contributed by atoms with van der Waals surface area (Å²) in [4.78, 5) is 11.9. The van der Waals surface area contributed by atoms with Crippen LogP contribution in [0.3, 0.4) is 0 Å². The number of amides is 1. The lowest BCUT2D eigenvalue weighted by Crippen LogP contribution is -2.16. The molecule has 2 rings (SSSR count).